The number of aliphatic imine (C=N–C) groups is 1. The first-order chi connectivity index (χ1) is 12.0. The lowest BCUT2D eigenvalue weighted by molar-refractivity contribution is -0.129. The highest BCUT2D eigenvalue weighted by atomic mass is 32.2. The molecule has 0 aliphatic carbocycles. The van der Waals surface area contributed by atoms with E-state index in [1.54, 1.807) is 42.1 Å². The maximum Gasteiger partial charge on any atom is 0.363 e. The predicted octanol–water partition coefficient (Wildman–Crippen LogP) is 3.71. The number of ether oxygens (including phenoxy) is 1. The molecule has 2 aromatic carbocycles. The van der Waals surface area contributed by atoms with E-state index in [-0.39, 0.29) is 17.5 Å². The van der Waals surface area contributed by atoms with Crippen molar-refractivity contribution in [2.24, 2.45) is 4.99 Å². The van der Waals surface area contributed by atoms with Crippen molar-refractivity contribution in [3.63, 3.8) is 0 Å². The number of amides is 1. The summed E-state index contributed by atoms with van der Waals surface area (Å²) in [5, 5.41) is 2.68. The molecule has 0 saturated carbocycles. The molecule has 6 heteroatoms. The summed E-state index contributed by atoms with van der Waals surface area (Å²) in [4.78, 5) is 28.5. The number of hydrogen-bond acceptors (Lipinski definition) is 5. The molecule has 5 nitrogen and oxygen atoms in total. The molecule has 0 atom stereocenters. The van der Waals surface area contributed by atoms with Gasteiger partial charge in [-0.15, -0.1) is 11.8 Å². The molecule has 1 heterocycles. The predicted molar refractivity (Wildman–Crippen MR) is 99.6 cm³/mol. The van der Waals surface area contributed by atoms with Crippen LogP contribution in [0.4, 0.5) is 5.69 Å². The van der Waals surface area contributed by atoms with Gasteiger partial charge in [-0.2, -0.15) is 0 Å². The standard InChI is InChI=1S/C19H16N2O3S/c1-12(22)20-15-7-5-14(6-8-15)18-21-17(19(23)24-18)11-13-3-9-16(25-2)10-4-13/h3-11H,1-2H3,(H,20,22)/b17-11-. The zero-order chi connectivity index (χ0) is 17.8. The summed E-state index contributed by atoms with van der Waals surface area (Å²) in [6.45, 7) is 1.44. The van der Waals surface area contributed by atoms with E-state index >= 15 is 0 Å². The number of rotatable bonds is 4. The van der Waals surface area contributed by atoms with Gasteiger partial charge in [-0.1, -0.05) is 12.1 Å². The van der Waals surface area contributed by atoms with Gasteiger partial charge in [0.1, 0.15) is 0 Å². The van der Waals surface area contributed by atoms with Crippen LogP contribution in [0.5, 0.6) is 0 Å². The third-order valence-corrected chi connectivity index (χ3v) is 4.24. The van der Waals surface area contributed by atoms with E-state index in [1.807, 2.05) is 30.5 Å². The minimum atomic E-state index is -0.477. The van der Waals surface area contributed by atoms with Gasteiger partial charge in [0.25, 0.3) is 0 Å². The maximum atomic E-state index is 12.0. The summed E-state index contributed by atoms with van der Waals surface area (Å²) >= 11 is 1.66. The van der Waals surface area contributed by atoms with Gasteiger partial charge < -0.3 is 10.1 Å². The third-order valence-electron chi connectivity index (χ3n) is 3.49. The number of nitrogens with one attached hydrogen (secondary N) is 1. The van der Waals surface area contributed by atoms with E-state index in [1.165, 1.54) is 6.92 Å². The average Bonchev–Trinajstić information content (AvgIpc) is 2.96. The third kappa shape index (κ3) is 4.16. The van der Waals surface area contributed by atoms with Crippen LogP contribution in [-0.4, -0.2) is 24.0 Å². The Morgan fingerprint density at radius 3 is 2.40 bits per heavy atom. The van der Waals surface area contributed by atoms with E-state index in [0.29, 0.717) is 11.3 Å². The number of thioether (sulfide) groups is 1. The molecule has 3 rings (SSSR count). The summed E-state index contributed by atoms with van der Waals surface area (Å²) in [7, 11) is 0. The van der Waals surface area contributed by atoms with Crippen molar-refractivity contribution in [1.82, 2.24) is 0 Å². The van der Waals surface area contributed by atoms with E-state index in [0.717, 1.165) is 10.5 Å². The second-order valence-electron chi connectivity index (χ2n) is 5.37. The van der Waals surface area contributed by atoms with Crippen molar-refractivity contribution in [3.8, 4) is 0 Å². The van der Waals surface area contributed by atoms with Gasteiger partial charge in [-0.05, 0) is 54.3 Å². The van der Waals surface area contributed by atoms with Gasteiger partial charge in [0.15, 0.2) is 5.70 Å². The van der Waals surface area contributed by atoms with E-state index in [9.17, 15) is 9.59 Å². The normalized spacial score (nSPS) is 15.0. The number of nitrogens with zero attached hydrogens (tertiary/aromatic N) is 1. The second kappa shape index (κ2) is 7.36. The maximum absolute atomic E-state index is 12.0. The van der Waals surface area contributed by atoms with Crippen molar-refractivity contribution in [3.05, 3.63) is 65.4 Å². The largest absolute Gasteiger partial charge is 0.402 e. The number of carbonyl (C=O) groups excluding carboxylic acids is 2. The van der Waals surface area contributed by atoms with Crippen molar-refractivity contribution in [2.45, 2.75) is 11.8 Å². The lowest BCUT2D eigenvalue weighted by Crippen LogP contribution is -2.07. The summed E-state index contributed by atoms with van der Waals surface area (Å²) in [6.07, 6.45) is 3.71. The van der Waals surface area contributed by atoms with Crippen molar-refractivity contribution in [1.29, 1.82) is 0 Å². The zero-order valence-corrected chi connectivity index (χ0v) is 14.6. The highest BCUT2D eigenvalue weighted by Gasteiger charge is 2.24. The Bertz CT molecular complexity index is 869. The van der Waals surface area contributed by atoms with Crippen LogP contribution in [-0.2, 0) is 14.3 Å². The summed E-state index contributed by atoms with van der Waals surface area (Å²) in [5.41, 5.74) is 2.49. The number of benzene rings is 2. The lowest BCUT2D eigenvalue weighted by atomic mass is 10.2. The quantitative estimate of drug-likeness (QED) is 0.517. The van der Waals surface area contributed by atoms with Gasteiger partial charge in [0.05, 0.1) is 0 Å². The van der Waals surface area contributed by atoms with Crippen LogP contribution in [0, 0.1) is 0 Å². The Balaban J connectivity index is 1.81. The number of cyclic esters (lactones) is 1. The smallest absolute Gasteiger partial charge is 0.363 e. The molecule has 0 radical (unpaired) electrons. The van der Waals surface area contributed by atoms with E-state index in [2.05, 4.69) is 10.3 Å². The summed E-state index contributed by atoms with van der Waals surface area (Å²) in [6, 6.07) is 14.8. The van der Waals surface area contributed by atoms with Gasteiger partial charge in [-0.25, -0.2) is 9.79 Å². The molecule has 1 aliphatic heterocycles. The lowest BCUT2D eigenvalue weighted by Gasteiger charge is -2.03. The van der Waals surface area contributed by atoms with Crippen LogP contribution < -0.4 is 5.32 Å². The highest BCUT2D eigenvalue weighted by molar-refractivity contribution is 7.98. The minimum Gasteiger partial charge on any atom is -0.402 e. The van der Waals surface area contributed by atoms with E-state index < -0.39 is 5.97 Å². The molecule has 0 fully saturated rings. The number of carbonyl (C=O) groups is 2. The van der Waals surface area contributed by atoms with Gasteiger partial charge in [-0.3, -0.25) is 4.79 Å². The van der Waals surface area contributed by atoms with Gasteiger partial charge >= 0.3 is 5.97 Å². The van der Waals surface area contributed by atoms with Crippen LogP contribution in [0.15, 0.2) is 64.1 Å². The summed E-state index contributed by atoms with van der Waals surface area (Å²) in [5.74, 6) is -0.365. The molecule has 0 spiro atoms. The second-order valence-corrected chi connectivity index (χ2v) is 6.25. The Morgan fingerprint density at radius 2 is 1.80 bits per heavy atom. The first kappa shape index (κ1) is 17.0. The Labute approximate surface area is 149 Å². The van der Waals surface area contributed by atoms with Crippen LogP contribution >= 0.6 is 11.8 Å². The summed E-state index contributed by atoms with van der Waals surface area (Å²) < 4.78 is 5.25. The molecule has 0 unspecified atom stereocenters. The first-order valence-corrected chi connectivity index (χ1v) is 8.82. The monoisotopic (exact) mass is 352 g/mol. The molecule has 0 aromatic heterocycles. The van der Waals surface area contributed by atoms with Crippen LogP contribution in [0.1, 0.15) is 18.1 Å². The van der Waals surface area contributed by atoms with Crippen LogP contribution in [0.2, 0.25) is 0 Å². The fourth-order valence-corrected chi connectivity index (χ4v) is 2.70. The zero-order valence-electron chi connectivity index (χ0n) is 13.8. The van der Waals surface area contributed by atoms with Crippen molar-refractivity contribution >= 4 is 41.3 Å². The topological polar surface area (TPSA) is 67.8 Å². The fourth-order valence-electron chi connectivity index (χ4n) is 2.29. The van der Waals surface area contributed by atoms with Gasteiger partial charge in [0.2, 0.25) is 11.8 Å². The van der Waals surface area contributed by atoms with Gasteiger partial charge in [0, 0.05) is 23.1 Å². The molecule has 1 N–H and O–H groups in total. The Morgan fingerprint density at radius 1 is 1.12 bits per heavy atom. The van der Waals surface area contributed by atoms with Crippen molar-refractivity contribution < 1.29 is 14.3 Å². The average molecular weight is 352 g/mol. The number of anilines is 1. The van der Waals surface area contributed by atoms with Crippen LogP contribution in [0.3, 0.4) is 0 Å². The number of esters is 1. The molecule has 1 amide bonds. The minimum absolute atomic E-state index is 0.143. The molecular weight excluding hydrogens is 336 g/mol. The van der Waals surface area contributed by atoms with E-state index in [4.69, 9.17) is 4.74 Å². The SMILES string of the molecule is CSc1ccc(/C=C2\N=C(c3ccc(NC(C)=O)cc3)OC2=O)cc1. The fraction of sp³-hybridized carbons (Fsp3) is 0.105. The van der Waals surface area contributed by atoms with Crippen molar-refractivity contribution in [2.75, 3.05) is 11.6 Å². The Kier molecular flexibility index (Phi) is 5.00. The molecule has 1 aliphatic rings. The molecule has 126 valence electrons. The molecule has 0 bridgehead atoms. The number of hydrogen-bond donors (Lipinski definition) is 1. The Hall–Kier alpha value is -2.86. The molecular formula is C19H16N2O3S. The van der Waals surface area contributed by atoms with Crippen LogP contribution in [0.25, 0.3) is 6.08 Å². The molecule has 2 aromatic rings. The molecule has 25 heavy (non-hydrogen) atoms. The highest BCUT2D eigenvalue weighted by Crippen LogP contribution is 2.21. The molecule has 0 saturated heterocycles. The first-order valence-electron chi connectivity index (χ1n) is 7.60.